The third-order valence-electron chi connectivity index (χ3n) is 5.64. The predicted molar refractivity (Wildman–Crippen MR) is 126 cm³/mol. The quantitative estimate of drug-likeness (QED) is 0.367. The fourth-order valence-corrected chi connectivity index (χ4v) is 4.26. The van der Waals surface area contributed by atoms with E-state index in [1.54, 1.807) is 24.3 Å². The van der Waals surface area contributed by atoms with E-state index in [0.29, 0.717) is 22.6 Å². The highest BCUT2D eigenvalue weighted by Crippen LogP contribution is 2.44. The summed E-state index contributed by atoms with van der Waals surface area (Å²) in [4.78, 5) is 27.8. The van der Waals surface area contributed by atoms with Gasteiger partial charge in [-0.05, 0) is 51.0 Å². The van der Waals surface area contributed by atoms with Gasteiger partial charge >= 0.3 is 0 Å². The number of amides is 1. The van der Waals surface area contributed by atoms with Crippen LogP contribution in [0.2, 0.25) is 0 Å². The molecule has 0 aromatic heterocycles. The van der Waals surface area contributed by atoms with E-state index >= 15 is 0 Å². The molecule has 1 unspecified atom stereocenters. The monoisotopic (exact) mass is 453 g/mol. The first kappa shape index (κ1) is 24.3. The number of Topliss-reactive ketones (excluding diaryl/α,β-unsaturated/α-hetero) is 1. The molecule has 2 aromatic rings. The SMILES string of the molecule is COc1ccccc1C1/C(=C(\O)c2cc(C)cc(C)c2OC)C(=O)C(=O)N1CCOC(C)C. The molecular weight excluding hydrogens is 422 g/mol. The third kappa shape index (κ3) is 4.73. The maximum Gasteiger partial charge on any atom is 0.295 e. The second kappa shape index (κ2) is 10.1. The molecule has 3 rings (SSSR count). The molecule has 0 spiro atoms. The number of methoxy groups -OCH3 is 2. The van der Waals surface area contributed by atoms with Gasteiger partial charge in [0.25, 0.3) is 11.7 Å². The number of likely N-dealkylation sites (tertiary alicyclic amines) is 1. The fraction of sp³-hybridized carbons (Fsp3) is 0.385. The summed E-state index contributed by atoms with van der Waals surface area (Å²) in [7, 11) is 3.04. The lowest BCUT2D eigenvalue weighted by Gasteiger charge is -2.27. The highest BCUT2D eigenvalue weighted by atomic mass is 16.5. The molecule has 0 radical (unpaired) electrons. The van der Waals surface area contributed by atoms with Crippen LogP contribution < -0.4 is 9.47 Å². The fourth-order valence-electron chi connectivity index (χ4n) is 4.26. The van der Waals surface area contributed by atoms with Crippen molar-refractivity contribution in [3.05, 3.63) is 64.2 Å². The summed E-state index contributed by atoms with van der Waals surface area (Å²) in [5.41, 5.74) is 2.67. The van der Waals surface area contributed by atoms with Crippen LogP contribution in [0.4, 0.5) is 0 Å². The number of aliphatic hydroxyl groups is 1. The first-order valence-corrected chi connectivity index (χ1v) is 10.9. The summed E-state index contributed by atoms with van der Waals surface area (Å²) in [5.74, 6) is -0.763. The van der Waals surface area contributed by atoms with Crippen molar-refractivity contribution in [3.63, 3.8) is 0 Å². The summed E-state index contributed by atoms with van der Waals surface area (Å²) in [6.45, 7) is 8.00. The number of rotatable bonds is 8. The molecule has 1 saturated heterocycles. The van der Waals surface area contributed by atoms with Crippen LogP contribution in [0.3, 0.4) is 0 Å². The Morgan fingerprint density at radius 1 is 1.09 bits per heavy atom. The number of hydrogen-bond donors (Lipinski definition) is 1. The Morgan fingerprint density at radius 3 is 2.42 bits per heavy atom. The first-order valence-electron chi connectivity index (χ1n) is 10.9. The maximum absolute atomic E-state index is 13.2. The lowest BCUT2D eigenvalue weighted by atomic mass is 9.93. The number of aryl methyl sites for hydroxylation is 2. The van der Waals surface area contributed by atoms with E-state index in [1.165, 1.54) is 19.1 Å². The summed E-state index contributed by atoms with van der Waals surface area (Å²) in [5, 5.41) is 11.4. The van der Waals surface area contributed by atoms with E-state index in [9.17, 15) is 14.7 Å². The van der Waals surface area contributed by atoms with E-state index in [4.69, 9.17) is 14.2 Å². The van der Waals surface area contributed by atoms with Gasteiger partial charge in [0, 0.05) is 12.1 Å². The zero-order chi connectivity index (χ0) is 24.3. The highest BCUT2D eigenvalue weighted by Gasteiger charge is 2.47. The van der Waals surface area contributed by atoms with Gasteiger partial charge in [-0.2, -0.15) is 0 Å². The minimum Gasteiger partial charge on any atom is -0.507 e. The Balaban J connectivity index is 2.24. The second-order valence-electron chi connectivity index (χ2n) is 8.32. The van der Waals surface area contributed by atoms with Crippen molar-refractivity contribution < 1.29 is 28.9 Å². The second-order valence-corrected chi connectivity index (χ2v) is 8.32. The van der Waals surface area contributed by atoms with Crippen molar-refractivity contribution in [2.75, 3.05) is 27.4 Å². The van der Waals surface area contributed by atoms with Crippen molar-refractivity contribution in [3.8, 4) is 11.5 Å². The van der Waals surface area contributed by atoms with Crippen LogP contribution >= 0.6 is 0 Å². The van der Waals surface area contributed by atoms with Crippen LogP contribution in [0.25, 0.3) is 5.76 Å². The Morgan fingerprint density at radius 2 is 1.79 bits per heavy atom. The first-order chi connectivity index (χ1) is 15.7. The Kier molecular flexibility index (Phi) is 7.43. The Bertz CT molecular complexity index is 1090. The minimum absolute atomic E-state index is 0.00246. The van der Waals surface area contributed by atoms with E-state index in [0.717, 1.165) is 11.1 Å². The van der Waals surface area contributed by atoms with Gasteiger partial charge in [-0.1, -0.05) is 24.3 Å². The Hall–Kier alpha value is -3.32. The van der Waals surface area contributed by atoms with E-state index in [-0.39, 0.29) is 30.6 Å². The summed E-state index contributed by atoms with van der Waals surface area (Å²) < 4.78 is 16.7. The molecule has 1 aliphatic heterocycles. The number of para-hydroxylation sites is 1. The van der Waals surface area contributed by atoms with Gasteiger partial charge in [-0.3, -0.25) is 9.59 Å². The van der Waals surface area contributed by atoms with Crippen molar-refractivity contribution in [2.24, 2.45) is 0 Å². The molecule has 1 N–H and O–H groups in total. The molecule has 1 heterocycles. The Labute approximate surface area is 194 Å². The molecule has 7 nitrogen and oxygen atoms in total. The molecular formula is C26H31NO6. The van der Waals surface area contributed by atoms with Gasteiger partial charge in [-0.15, -0.1) is 0 Å². The molecule has 0 bridgehead atoms. The lowest BCUT2D eigenvalue weighted by molar-refractivity contribution is -0.140. The maximum atomic E-state index is 13.2. The number of nitrogens with zero attached hydrogens (tertiary/aromatic N) is 1. The van der Waals surface area contributed by atoms with Crippen molar-refractivity contribution in [2.45, 2.75) is 39.8 Å². The van der Waals surface area contributed by atoms with Crippen LogP contribution in [0, 0.1) is 13.8 Å². The molecule has 0 saturated carbocycles. The molecule has 176 valence electrons. The number of ether oxygens (including phenoxy) is 3. The van der Waals surface area contributed by atoms with Gasteiger partial charge < -0.3 is 24.2 Å². The molecule has 2 aromatic carbocycles. The average molecular weight is 454 g/mol. The number of carbonyl (C=O) groups is 2. The minimum atomic E-state index is -0.831. The largest absolute Gasteiger partial charge is 0.507 e. The zero-order valence-corrected chi connectivity index (χ0v) is 20.0. The standard InChI is InChI=1S/C26H31NO6/c1-15(2)33-12-11-27-22(18-9-7-8-10-20(18)31-5)21(24(29)26(27)30)23(28)19-14-16(3)13-17(4)25(19)32-6/h7-10,13-15,22,28H,11-12H2,1-6H3/b23-21+. The molecule has 1 aliphatic rings. The molecule has 7 heteroatoms. The smallest absolute Gasteiger partial charge is 0.295 e. The number of ketones is 1. The third-order valence-corrected chi connectivity index (χ3v) is 5.64. The molecule has 1 amide bonds. The molecule has 1 fully saturated rings. The van der Waals surface area contributed by atoms with Crippen LogP contribution in [0.5, 0.6) is 11.5 Å². The zero-order valence-electron chi connectivity index (χ0n) is 20.0. The van der Waals surface area contributed by atoms with Crippen LogP contribution in [-0.4, -0.2) is 55.2 Å². The average Bonchev–Trinajstić information content (AvgIpc) is 3.02. The molecule has 1 atom stereocenters. The topological polar surface area (TPSA) is 85.3 Å². The van der Waals surface area contributed by atoms with Crippen molar-refractivity contribution in [1.29, 1.82) is 0 Å². The lowest BCUT2D eigenvalue weighted by Crippen LogP contribution is -2.33. The van der Waals surface area contributed by atoms with Gasteiger partial charge in [-0.25, -0.2) is 0 Å². The summed E-state index contributed by atoms with van der Waals surface area (Å²) in [6, 6.07) is 10.0. The van der Waals surface area contributed by atoms with Gasteiger partial charge in [0.1, 0.15) is 17.3 Å². The highest BCUT2D eigenvalue weighted by molar-refractivity contribution is 6.46. The normalized spacial score (nSPS) is 17.7. The van der Waals surface area contributed by atoms with Crippen LogP contribution in [0.15, 0.2) is 42.0 Å². The van der Waals surface area contributed by atoms with Gasteiger partial charge in [0.15, 0.2) is 0 Å². The van der Waals surface area contributed by atoms with E-state index < -0.39 is 17.7 Å². The van der Waals surface area contributed by atoms with Crippen LogP contribution in [0.1, 0.15) is 42.1 Å². The van der Waals surface area contributed by atoms with E-state index in [2.05, 4.69) is 0 Å². The number of hydrogen-bond acceptors (Lipinski definition) is 6. The predicted octanol–water partition coefficient (Wildman–Crippen LogP) is 4.17. The van der Waals surface area contributed by atoms with Crippen molar-refractivity contribution in [1.82, 2.24) is 4.90 Å². The van der Waals surface area contributed by atoms with Crippen molar-refractivity contribution >= 4 is 17.4 Å². The number of aliphatic hydroxyl groups excluding tert-OH is 1. The number of carbonyl (C=O) groups excluding carboxylic acids is 2. The molecule has 0 aliphatic carbocycles. The summed E-state index contributed by atoms with van der Waals surface area (Å²) >= 11 is 0. The van der Waals surface area contributed by atoms with Crippen LogP contribution in [-0.2, 0) is 14.3 Å². The molecule has 33 heavy (non-hydrogen) atoms. The van der Waals surface area contributed by atoms with Gasteiger partial charge in [0.2, 0.25) is 0 Å². The number of benzene rings is 2. The van der Waals surface area contributed by atoms with Gasteiger partial charge in [0.05, 0.1) is 44.1 Å². The van der Waals surface area contributed by atoms with E-state index in [1.807, 2.05) is 39.8 Å². The summed E-state index contributed by atoms with van der Waals surface area (Å²) in [6.07, 6.45) is -0.0222.